The molecule has 2 aromatic carbocycles. The van der Waals surface area contributed by atoms with E-state index in [0.717, 1.165) is 16.8 Å². The number of nitrogens with one attached hydrogen (secondary N) is 2. The van der Waals surface area contributed by atoms with Gasteiger partial charge in [-0.2, -0.15) is 0 Å². The van der Waals surface area contributed by atoms with Gasteiger partial charge in [0.2, 0.25) is 0 Å². The van der Waals surface area contributed by atoms with Crippen molar-refractivity contribution in [3.63, 3.8) is 0 Å². The quantitative estimate of drug-likeness (QED) is 0.686. The first-order chi connectivity index (χ1) is 12.4. The fraction of sp³-hybridized carbons (Fsp3) is 0.105. The van der Waals surface area contributed by atoms with Gasteiger partial charge in [-0.3, -0.25) is 4.79 Å². The smallest absolute Gasteiger partial charge is 0.275 e. The molecule has 2 N–H and O–H groups in total. The number of carbonyl (C=O) groups is 1. The first kappa shape index (κ1) is 17.8. The molecule has 0 spiro atoms. The summed E-state index contributed by atoms with van der Waals surface area (Å²) in [6, 6.07) is 9.86. The predicted octanol–water partition coefficient (Wildman–Crippen LogP) is 4.88. The van der Waals surface area contributed by atoms with Crippen LogP contribution in [0.15, 0.2) is 48.8 Å². The van der Waals surface area contributed by atoms with E-state index in [1.54, 1.807) is 0 Å². The van der Waals surface area contributed by atoms with E-state index in [1.165, 1.54) is 30.6 Å². The Balaban J connectivity index is 1.71. The minimum Gasteiger partial charge on any atom is -0.339 e. The summed E-state index contributed by atoms with van der Waals surface area (Å²) in [6.07, 6.45) is 2.85. The highest BCUT2D eigenvalue weighted by molar-refractivity contribution is 6.31. The maximum absolute atomic E-state index is 13.2. The minimum atomic E-state index is -0.550. The van der Waals surface area contributed by atoms with E-state index >= 15 is 0 Å². The Morgan fingerprint density at radius 1 is 1.12 bits per heavy atom. The first-order valence-electron chi connectivity index (χ1n) is 7.86. The molecule has 0 unspecified atom stereocenters. The number of aromatic nitrogens is 2. The number of hydrogen-bond donors (Lipinski definition) is 2. The summed E-state index contributed by atoms with van der Waals surface area (Å²) in [5, 5.41) is 5.71. The van der Waals surface area contributed by atoms with Crippen molar-refractivity contribution in [2.75, 3.05) is 10.6 Å². The van der Waals surface area contributed by atoms with Gasteiger partial charge in [-0.15, -0.1) is 0 Å². The molecule has 3 rings (SSSR count). The van der Waals surface area contributed by atoms with Gasteiger partial charge in [0.25, 0.3) is 5.91 Å². The Hall–Kier alpha value is -2.99. The highest BCUT2D eigenvalue weighted by Gasteiger charge is 2.10. The largest absolute Gasteiger partial charge is 0.339 e. The topological polar surface area (TPSA) is 66.9 Å². The average Bonchev–Trinajstić information content (AvgIpc) is 2.63. The summed E-state index contributed by atoms with van der Waals surface area (Å²) in [7, 11) is 0. The molecule has 1 heterocycles. The van der Waals surface area contributed by atoms with Crippen LogP contribution in [-0.2, 0) is 0 Å². The highest BCUT2D eigenvalue weighted by atomic mass is 35.5. The third kappa shape index (κ3) is 3.97. The van der Waals surface area contributed by atoms with Gasteiger partial charge < -0.3 is 10.6 Å². The van der Waals surface area contributed by atoms with E-state index in [2.05, 4.69) is 20.6 Å². The van der Waals surface area contributed by atoms with Crippen LogP contribution < -0.4 is 10.6 Å². The van der Waals surface area contributed by atoms with Crippen LogP contribution in [0.25, 0.3) is 0 Å². The summed E-state index contributed by atoms with van der Waals surface area (Å²) in [5.74, 6) is -0.482. The van der Waals surface area contributed by atoms with Crippen molar-refractivity contribution in [2.45, 2.75) is 13.8 Å². The summed E-state index contributed by atoms with van der Waals surface area (Å²) in [5.41, 5.74) is 3.72. The molecule has 0 atom stereocenters. The summed E-state index contributed by atoms with van der Waals surface area (Å²) >= 11 is 5.70. The minimum absolute atomic E-state index is 0.0676. The van der Waals surface area contributed by atoms with Crippen molar-refractivity contribution in [1.29, 1.82) is 0 Å². The lowest BCUT2D eigenvalue weighted by Crippen LogP contribution is -2.14. The van der Waals surface area contributed by atoms with E-state index in [0.29, 0.717) is 11.5 Å². The van der Waals surface area contributed by atoms with Crippen LogP contribution in [-0.4, -0.2) is 15.9 Å². The fourth-order valence-corrected chi connectivity index (χ4v) is 2.48. The zero-order valence-corrected chi connectivity index (χ0v) is 14.9. The molecule has 0 bridgehead atoms. The number of amides is 1. The monoisotopic (exact) mass is 370 g/mol. The average molecular weight is 371 g/mol. The van der Waals surface area contributed by atoms with Gasteiger partial charge >= 0.3 is 0 Å². The van der Waals surface area contributed by atoms with Gasteiger partial charge in [0.15, 0.2) is 0 Å². The van der Waals surface area contributed by atoms with Crippen LogP contribution in [0, 0.1) is 19.7 Å². The highest BCUT2D eigenvalue weighted by Crippen LogP contribution is 2.22. The summed E-state index contributed by atoms with van der Waals surface area (Å²) in [6.45, 7) is 4.04. The van der Waals surface area contributed by atoms with Gasteiger partial charge in [0, 0.05) is 11.4 Å². The molecule has 0 aliphatic carbocycles. The number of anilines is 3. The lowest BCUT2D eigenvalue weighted by molar-refractivity contribution is 0.102. The van der Waals surface area contributed by atoms with Crippen LogP contribution in [0.3, 0.4) is 0 Å². The lowest BCUT2D eigenvalue weighted by Gasteiger charge is -2.11. The molecule has 0 fully saturated rings. The molecule has 0 aliphatic heterocycles. The van der Waals surface area contributed by atoms with Crippen LogP contribution in [0.5, 0.6) is 0 Å². The van der Waals surface area contributed by atoms with E-state index in [9.17, 15) is 9.18 Å². The molecular weight excluding hydrogens is 355 g/mol. The van der Waals surface area contributed by atoms with Crippen molar-refractivity contribution < 1.29 is 9.18 Å². The maximum atomic E-state index is 13.2. The van der Waals surface area contributed by atoms with Gasteiger partial charge in [0.1, 0.15) is 17.3 Å². The second-order valence-corrected chi connectivity index (χ2v) is 6.15. The summed E-state index contributed by atoms with van der Waals surface area (Å²) in [4.78, 5) is 20.5. The Bertz CT molecular complexity index is 960. The number of halogens is 2. The second kappa shape index (κ2) is 7.49. The molecule has 5 nitrogen and oxygen atoms in total. The predicted molar refractivity (Wildman–Crippen MR) is 101 cm³/mol. The molecule has 0 radical (unpaired) electrons. The molecule has 0 aliphatic rings. The Morgan fingerprint density at radius 3 is 2.62 bits per heavy atom. The van der Waals surface area contributed by atoms with Crippen LogP contribution in [0.1, 0.15) is 21.6 Å². The molecule has 1 amide bonds. The third-order valence-corrected chi connectivity index (χ3v) is 4.22. The molecule has 0 saturated heterocycles. The van der Waals surface area contributed by atoms with Crippen LogP contribution in [0.4, 0.5) is 21.6 Å². The second-order valence-electron chi connectivity index (χ2n) is 5.74. The Kier molecular flexibility index (Phi) is 5.14. The zero-order chi connectivity index (χ0) is 18.7. The van der Waals surface area contributed by atoms with Crippen molar-refractivity contribution in [1.82, 2.24) is 9.97 Å². The van der Waals surface area contributed by atoms with E-state index in [1.807, 2.05) is 32.0 Å². The maximum Gasteiger partial charge on any atom is 0.275 e. The van der Waals surface area contributed by atoms with Crippen LogP contribution in [0.2, 0.25) is 5.02 Å². The fourth-order valence-electron chi connectivity index (χ4n) is 2.30. The number of nitrogens with zero attached hydrogens (tertiary/aromatic N) is 2. The van der Waals surface area contributed by atoms with Gasteiger partial charge in [-0.25, -0.2) is 14.4 Å². The molecule has 0 saturated carbocycles. The normalized spacial score (nSPS) is 10.5. The molecule has 1 aromatic heterocycles. The van der Waals surface area contributed by atoms with Gasteiger partial charge in [-0.1, -0.05) is 23.7 Å². The van der Waals surface area contributed by atoms with E-state index < -0.39 is 11.7 Å². The molecule has 132 valence electrons. The Labute approximate surface area is 155 Å². The molecule has 7 heteroatoms. The van der Waals surface area contributed by atoms with Gasteiger partial charge in [0.05, 0.1) is 17.4 Å². The first-order valence-corrected chi connectivity index (χ1v) is 8.23. The van der Waals surface area contributed by atoms with Crippen molar-refractivity contribution >= 4 is 34.7 Å². The number of hydrogen-bond acceptors (Lipinski definition) is 4. The zero-order valence-electron chi connectivity index (χ0n) is 14.2. The van der Waals surface area contributed by atoms with Gasteiger partial charge in [-0.05, 0) is 49.2 Å². The Morgan fingerprint density at radius 2 is 1.92 bits per heavy atom. The molecule has 26 heavy (non-hydrogen) atoms. The lowest BCUT2D eigenvalue weighted by atomic mass is 10.1. The van der Waals surface area contributed by atoms with Crippen molar-refractivity contribution in [3.8, 4) is 0 Å². The van der Waals surface area contributed by atoms with Crippen molar-refractivity contribution in [2.24, 2.45) is 0 Å². The number of aryl methyl sites for hydroxylation is 1. The number of rotatable bonds is 4. The van der Waals surface area contributed by atoms with Crippen molar-refractivity contribution in [3.05, 3.63) is 76.5 Å². The van der Waals surface area contributed by atoms with E-state index in [4.69, 9.17) is 11.6 Å². The number of carbonyl (C=O) groups excluding carboxylic acids is 1. The third-order valence-electron chi connectivity index (χ3n) is 3.93. The standard InChI is InChI=1S/C19H16ClFN4O/c1-11-4-3-5-16(12(11)2)25-18-10-22-17(9-23-18)19(26)24-13-6-7-15(21)14(20)8-13/h3-10H,1-2H3,(H,23,25)(H,24,26). The molecular formula is C19H16ClFN4O. The number of benzene rings is 2. The van der Waals surface area contributed by atoms with E-state index in [-0.39, 0.29) is 10.7 Å². The SMILES string of the molecule is Cc1cccc(Nc2cnc(C(=O)Nc3ccc(F)c(Cl)c3)cn2)c1C. The molecule has 3 aromatic rings. The van der Waals surface area contributed by atoms with Crippen LogP contribution >= 0.6 is 11.6 Å². The summed E-state index contributed by atoms with van der Waals surface area (Å²) < 4.78 is 13.2.